The van der Waals surface area contributed by atoms with Gasteiger partial charge in [0.05, 0.1) is 0 Å². The van der Waals surface area contributed by atoms with Crippen LogP contribution in [0, 0.1) is 0 Å². The Morgan fingerprint density at radius 1 is 0.579 bits per heavy atom. The van der Waals surface area contributed by atoms with E-state index in [1.165, 1.54) is 51.4 Å². The molecule has 0 saturated heterocycles. The number of hydrogen-bond acceptors (Lipinski definition) is 0. The molecule has 0 radical (unpaired) electrons. The van der Waals surface area contributed by atoms with E-state index in [0.717, 1.165) is 6.54 Å². The summed E-state index contributed by atoms with van der Waals surface area (Å²) < 4.78 is 2.64. The number of nitrogens with zero attached hydrogens (tertiary/aromatic N) is 1. The molecule has 0 fully saturated rings. The Kier molecular flexibility index (Phi) is 7.27. The summed E-state index contributed by atoms with van der Waals surface area (Å²) in [6.07, 6.45) is 10.1. The van der Waals surface area contributed by atoms with Crippen molar-refractivity contribution in [3.63, 3.8) is 0 Å². The highest BCUT2D eigenvalue weighted by molar-refractivity contribution is 5.40. The summed E-state index contributed by atoms with van der Waals surface area (Å²) >= 11 is 0. The van der Waals surface area contributed by atoms with Crippen molar-refractivity contribution in [1.29, 1.82) is 0 Å². The van der Waals surface area contributed by atoms with Gasteiger partial charge in [0.25, 0.3) is 0 Å². The molecular weight excluding hydrogens is 230 g/mol. The van der Waals surface area contributed by atoms with Gasteiger partial charge in [-0.2, -0.15) is 0 Å². The highest BCUT2D eigenvalue weighted by Gasteiger charge is 2.19. The molecule has 1 heterocycles. The number of hydrogen-bond donors (Lipinski definition) is 0. The van der Waals surface area contributed by atoms with Crippen LogP contribution < -0.4 is 0 Å². The van der Waals surface area contributed by atoms with Gasteiger partial charge in [-0.25, -0.2) is 0 Å². The topological polar surface area (TPSA) is 4.93 Å². The minimum atomic E-state index is 1.14. The fraction of sp³-hybridized carbons (Fsp3) is 0.778. The highest BCUT2D eigenvalue weighted by Crippen LogP contribution is 2.28. The Morgan fingerprint density at radius 3 is 1.21 bits per heavy atom. The molecule has 0 aliphatic rings. The minimum Gasteiger partial charge on any atom is -0.348 e. The van der Waals surface area contributed by atoms with Crippen LogP contribution >= 0.6 is 0 Å². The van der Waals surface area contributed by atoms with Crippen LogP contribution in [0.1, 0.15) is 82.8 Å². The first-order valence-electron chi connectivity index (χ1n) is 8.46. The summed E-state index contributed by atoms with van der Waals surface area (Å²) in [4.78, 5) is 0. The molecule has 1 aromatic heterocycles. The summed E-state index contributed by atoms with van der Waals surface area (Å²) in [7, 11) is 0. The van der Waals surface area contributed by atoms with Crippen LogP contribution in [0.3, 0.4) is 0 Å². The molecule has 0 unspecified atom stereocenters. The largest absolute Gasteiger partial charge is 0.348 e. The van der Waals surface area contributed by atoms with Crippen LogP contribution in [0.2, 0.25) is 0 Å². The Labute approximate surface area is 120 Å². The van der Waals surface area contributed by atoms with Gasteiger partial charge in [0, 0.05) is 17.9 Å². The Morgan fingerprint density at radius 2 is 0.947 bits per heavy atom. The Bertz CT molecular complexity index is 340. The van der Waals surface area contributed by atoms with Crippen LogP contribution in [0.25, 0.3) is 0 Å². The SMILES string of the molecule is CCCc1c(CCC)c(CCC)n(CC)c1CCC. The zero-order valence-corrected chi connectivity index (χ0v) is 13.8. The molecule has 0 aromatic carbocycles. The second-order valence-electron chi connectivity index (χ2n) is 5.59. The summed E-state index contributed by atoms with van der Waals surface area (Å²) in [5.74, 6) is 0. The van der Waals surface area contributed by atoms with E-state index in [1.54, 1.807) is 22.5 Å². The maximum atomic E-state index is 2.64. The standard InChI is InChI=1S/C18H33N/c1-6-11-15-16(12-7-2)18(14-9-4)19(10-5)17(15)13-8-3/h6-14H2,1-5H3. The smallest absolute Gasteiger partial charge is 0.0212 e. The molecule has 1 aromatic rings. The van der Waals surface area contributed by atoms with Crippen molar-refractivity contribution in [3.05, 3.63) is 22.5 Å². The van der Waals surface area contributed by atoms with E-state index in [4.69, 9.17) is 0 Å². The second-order valence-corrected chi connectivity index (χ2v) is 5.59. The van der Waals surface area contributed by atoms with Crippen molar-refractivity contribution >= 4 is 0 Å². The van der Waals surface area contributed by atoms with Crippen molar-refractivity contribution < 1.29 is 0 Å². The highest BCUT2D eigenvalue weighted by atomic mass is 15.0. The first-order chi connectivity index (χ1) is 9.24. The van der Waals surface area contributed by atoms with Gasteiger partial charge in [0.2, 0.25) is 0 Å². The van der Waals surface area contributed by atoms with Gasteiger partial charge in [0.1, 0.15) is 0 Å². The first-order valence-corrected chi connectivity index (χ1v) is 8.46. The van der Waals surface area contributed by atoms with E-state index in [9.17, 15) is 0 Å². The van der Waals surface area contributed by atoms with Crippen LogP contribution in [0.5, 0.6) is 0 Å². The van der Waals surface area contributed by atoms with E-state index in [-0.39, 0.29) is 0 Å². The van der Waals surface area contributed by atoms with E-state index < -0.39 is 0 Å². The van der Waals surface area contributed by atoms with Gasteiger partial charge >= 0.3 is 0 Å². The molecule has 1 heteroatoms. The van der Waals surface area contributed by atoms with Gasteiger partial charge in [-0.15, -0.1) is 0 Å². The third kappa shape index (κ3) is 3.64. The molecule has 0 spiro atoms. The van der Waals surface area contributed by atoms with Crippen LogP contribution in [-0.4, -0.2) is 4.57 Å². The summed E-state index contributed by atoms with van der Waals surface area (Å²) in [5.41, 5.74) is 6.71. The normalized spacial score (nSPS) is 11.2. The minimum absolute atomic E-state index is 1.14. The van der Waals surface area contributed by atoms with Crippen molar-refractivity contribution in [1.82, 2.24) is 4.57 Å². The van der Waals surface area contributed by atoms with Crippen LogP contribution in [-0.2, 0) is 32.2 Å². The molecule has 0 saturated carbocycles. The predicted octanol–water partition coefficient (Wildman–Crippen LogP) is 5.32. The zero-order valence-electron chi connectivity index (χ0n) is 13.8. The maximum absolute atomic E-state index is 2.64. The molecule has 0 amide bonds. The Hall–Kier alpha value is -0.720. The summed E-state index contributed by atoms with van der Waals surface area (Å²) in [6, 6.07) is 0. The predicted molar refractivity (Wildman–Crippen MR) is 86.1 cm³/mol. The van der Waals surface area contributed by atoms with E-state index in [0.29, 0.717) is 0 Å². The average Bonchev–Trinajstić information content (AvgIpc) is 2.66. The second kappa shape index (κ2) is 8.45. The van der Waals surface area contributed by atoms with E-state index in [1.807, 2.05) is 0 Å². The van der Waals surface area contributed by atoms with Crippen molar-refractivity contribution in [2.75, 3.05) is 0 Å². The molecule has 0 bridgehead atoms. The van der Waals surface area contributed by atoms with Crippen LogP contribution in [0.4, 0.5) is 0 Å². The van der Waals surface area contributed by atoms with Crippen molar-refractivity contribution in [2.45, 2.75) is 92.5 Å². The molecule has 0 aliphatic carbocycles. The zero-order chi connectivity index (χ0) is 14.3. The lowest BCUT2D eigenvalue weighted by atomic mass is 9.97. The maximum Gasteiger partial charge on any atom is 0.0212 e. The van der Waals surface area contributed by atoms with Gasteiger partial charge in [-0.1, -0.05) is 53.4 Å². The summed E-state index contributed by atoms with van der Waals surface area (Å²) in [5, 5.41) is 0. The number of aromatic nitrogens is 1. The van der Waals surface area contributed by atoms with Crippen molar-refractivity contribution in [3.8, 4) is 0 Å². The third-order valence-electron chi connectivity index (χ3n) is 4.00. The molecule has 1 rings (SSSR count). The molecule has 1 nitrogen and oxygen atoms in total. The van der Waals surface area contributed by atoms with Gasteiger partial charge < -0.3 is 4.57 Å². The van der Waals surface area contributed by atoms with Gasteiger partial charge in [0.15, 0.2) is 0 Å². The monoisotopic (exact) mass is 263 g/mol. The average molecular weight is 263 g/mol. The lowest BCUT2D eigenvalue weighted by Gasteiger charge is -2.11. The van der Waals surface area contributed by atoms with Crippen LogP contribution in [0.15, 0.2) is 0 Å². The van der Waals surface area contributed by atoms with Crippen molar-refractivity contribution in [2.24, 2.45) is 0 Å². The molecule has 0 atom stereocenters. The molecule has 19 heavy (non-hydrogen) atoms. The Balaban J connectivity index is 3.35. The first kappa shape index (κ1) is 16.3. The molecule has 0 N–H and O–H groups in total. The lowest BCUT2D eigenvalue weighted by molar-refractivity contribution is 0.648. The van der Waals surface area contributed by atoms with Gasteiger partial charge in [-0.05, 0) is 43.7 Å². The van der Waals surface area contributed by atoms with E-state index >= 15 is 0 Å². The summed E-state index contributed by atoms with van der Waals surface area (Å²) in [6.45, 7) is 12.7. The fourth-order valence-corrected chi connectivity index (χ4v) is 3.35. The fourth-order valence-electron chi connectivity index (χ4n) is 3.35. The van der Waals surface area contributed by atoms with Gasteiger partial charge in [-0.3, -0.25) is 0 Å². The van der Waals surface area contributed by atoms with E-state index in [2.05, 4.69) is 39.2 Å². The third-order valence-corrected chi connectivity index (χ3v) is 4.00. The number of rotatable bonds is 9. The molecular formula is C18H33N. The molecule has 110 valence electrons. The lowest BCUT2D eigenvalue weighted by Crippen LogP contribution is -2.06. The quantitative estimate of drug-likeness (QED) is 0.568. The molecule has 0 aliphatic heterocycles.